The van der Waals surface area contributed by atoms with E-state index in [4.69, 9.17) is 9.98 Å². The van der Waals surface area contributed by atoms with Crippen LogP contribution in [0.1, 0.15) is 48.9 Å². The topological polar surface area (TPSA) is 49.6 Å². The van der Waals surface area contributed by atoms with Crippen molar-refractivity contribution in [1.82, 2.24) is 10.3 Å². The molecule has 1 aliphatic rings. The molecular formula is C25H30N4. The SMILES string of the molecule is C/C=C(C)\C=C/CCCN=C1NC(=NCCc2ccc(C)cc2)c2cnccc21. The van der Waals surface area contributed by atoms with E-state index in [2.05, 4.69) is 73.6 Å². The van der Waals surface area contributed by atoms with Gasteiger partial charge in [-0.3, -0.25) is 15.0 Å². The van der Waals surface area contributed by atoms with Crippen LogP contribution in [-0.2, 0) is 6.42 Å². The van der Waals surface area contributed by atoms with Gasteiger partial charge in [0.25, 0.3) is 0 Å². The lowest BCUT2D eigenvalue weighted by atomic mass is 10.1. The zero-order valence-corrected chi connectivity index (χ0v) is 17.7. The molecule has 0 saturated heterocycles. The van der Waals surface area contributed by atoms with Crippen molar-refractivity contribution in [2.24, 2.45) is 9.98 Å². The number of unbranched alkanes of at least 4 members (excludes halogenated alkanes) is 1. The highest BCUT2D eigenvalue weighted by Crippen LogP contribution is 2.16. The summed E-state index contributed by atoms with van der Waals surface area (Å²) >= 11 is 0. The second-order valence-corrected chi connectivity index (χ2v) is 7.32. The van der Waals surface area contributed by atoms with Gasteiger partial charge in [-0.05, 0) is 51.7 Å². The fraction of sp³-hybridized carbons (Fsp3) is 0.320. The maximum atomic E-state index is 4.79. The lowest BCUT2D eigenvalue weighted by Crippen LogP contribution is -2.23. The second kappa shape index (κ2) is 10.5. The Morgan fingerprint density at radius 3 is 2.59 bits per heavy atom. The molecule has 1 aliphatic heterocycles. The van der Waals surface area contributed by atoms with Gasteiger partial charge in [0.1, 0.15) is 11.7 Å². The van der Waals surface area contributed by atoms with Crippen LogP contribution in [0.2, 0.25) is 0 Å². The number of benzene rings is 1. The molecule has 4 heteroatoms. The van der Waals surface area contributed by atoms with Crippen molar-refractivity contribution in [2.75, 3.05) is 13.1 Å². The number of fused-ring (bicyclic) bond motifs is 1. The van der Waals surface area contributed by atoms with Gasteiger partial charge in [0.2, 0.25) is 0 Å². The molecule has 2 heterocycles. The third-order valence-corrected chi connectivity index (χ3v) is 4.99. The summed E-state index contributed by atoms with van der Waals surface area (Å²) in [6, 6.07) is 10.7. The number of hydrogen-bond donors (Lipinski definition) is 1. The molecule has 0 atom stereocenters. The van der Waals surface area contributed by atoms with Gasteiger partial charge in [-0.2, -0.15) is 0 Å². The molecule has 4 nitrogen and oxygen atoms in total. The van der Waals surface area contributed by atoms with Crippen LogP contribution in [0.3, 0.4) is 0 Å². The zero-order chi connectivity index (χ0) is 20.5. The lowest BCUT2D eigenvalue weighted by Gasteiger charge is -2.02. The first-order valence-corrected chi connectivity index (χ1v) is 10.3. The number of aromatic nitrogens is 1. The Labute approximate surface area is 174 Å². The molecule has 0 aliphatic carbocycles. The molecule has 2 aromatic rings. The number of aliphatic imine (C=N–C) groups is 2. The number of nitrogens with zero attached hydrogens (tertiary/aromatic N) is 3. The molecule has 0 amide bonds. The highest BCUT2D eigenvalue weighted by atomic mass is 15.1. The van der Waals surface area contributed by atoms with E-state index in [0.29, 0.717) is 0 Å². The van der Waals surface area contributed by atoms with Gasteiger partial charge in [-0.1, -0.05) is 53.6 Å². The number of allylic oxidation sites excluding steroid dienone is 4. The minimum absolute atomic E-state index is 0.738. The first-order chi connectivity index (χ1) is 14.2. The van der Waals surface area contributed by atoms with Crippen molar-refractivity contribution >= 4 is 11.7 Å². The second-order valence-electron chi connectivity index (χ2n) is 7.32. The zero-order valence-electron chi connectivity index (χ0n) is 17.7. The van der Waals surface area contributed by atoms with Crippen LogP contribution in [0.25, 0.3) is 0 Å². The van der Waals surface area contributed by atoms with Gasteiger partial charge >= 0.3 is 0 Å². The summed E-state index contributed by atoms with van der Waals surface area (Å²) in [7, 11) is 0. The summed E-state index contributed by atoms with van der Waals surface area (Å²) < 4.78 is 0. The number of pyridine rings is 1. The molecule has 0 saturated carbocycles. The molecule has 1 aromatic carbocycles. The Morgan fingerprint density at radius 1 is 1.03 bits per heavy atom. The number of aryl methyl sites for hydroxylation is 1. The van der Waals surface area contributed by atoms with Gasteiger partial charge in [0.15, 0.2) is 0 Å². The van der Waals surface area contributed by atoms with Crippen molar-refractivity contribution < 1.29 is 0 Å². The van der Waals surface area contributed by atoms with E-state index >= 15 is 0 Å². The van der Waals surface area contributed by atoms with Crippen LogP contribution in [0.15, 0.2) is 76.5 Å². The van der Waals surface area contributed by atoms with Crippen molar-refractivity contribution in [3.8, 4) is 0 Å². The Balaban J connectivity index is 1.60. The Morgan fingerprint density at radius 2 is 1.79 bits per heavy atom. The summed E-state index contributed by atoms with van der Waals surface area (Å²) in [5.41, 5.74) is 6.01. The first kappa shape index (κ1) is 20.7. The van der Waals surface area contributed by atoms with Gasteiger partial charge in [0, 0.05) is 36.6 Å². The normalized spacial score (nSPS) is 16.6. The van der Waals surface area contributed by atoms with Crippen LogP contribution < -0.4 is 5.32 Å². The molecular weight excluding hydrogens is 356 g/mol. The van der Waals surface area contributed by atoms with Crippen LogP contribution in [-0.4, -0.2) is 29.7 Å². The molecule has 150 valence electrons. The molecule has 0 fully saturated rings. The van der Waals surface area contributed by atoms with Crippen molar-refractivity contribution in [2.45, 2.75) is 40.0 Å². The average molecular weight is 387 g/mol. The maximum absolute atomic E-state index is 4.79. The van der Waals surface area contributed by atoms with E-state index in [-0.39, 0.29) is 0 Å². The van der Waals surface area contributed by atoms with Gasteiger partial charge in [-0.25, -0.2) is 0 Å². The smallest absolute Gasteiger partial charge is 0.136 e. The molecule has 0 bridgehead atoms. The Kier molecular flexibility index (Phi) is 7.51. The first-order valence-electron chi connectivity index (χ1n) is 10.3. The molecule has 1 N–H and O–H groups in total. The summed E-state index contributed by atoms with van der Waals surface area (Å²) in [5, 5.41) is 3.40. The summed E-state index contributed by atoms with van der Waals surface area (Å²) in [4.78, 5) is 13.8. The standard InChI is InChI=1S/C25H30N4/c1-4-19(2)8-6-5-7-15-27-24-22-14-16-26-18-23(22)25(29-24)28-17-13-21-11-9-20(3)10-12-21/h4,6,8-12,14,16,18H,5,7,13,15,17H2,1-3H3,(H,27,28,29)/b8-6-,19-4-. The molecule has 1 aromatic heterocycles. The minimum atomic E-state index is 0.738. The van der Waals surface area contributed by atoms with E-state index in [0.717, 1.165) is 55.2 Å². The molecule has 0 spiro atoms. The van der Waals surface area contributed by atoms with Gasteiger partial charge < -0.3 is 5.32 Å². The van der Waals surface area contributed by atoms with Gasteiger partial charge in [-0.15, -0.1) is 0 Å². The molecule has 0 radical (unpaired) electrons. The number of nitrogens with one attached hydrogen (secondary N) is 1. The number of hydrogen-bond acceptors (Lipinski definition) is 3. The fourth-order valence-electron chi connectivity index (χ4n) is 3.10. The summed E-state index contributed by atoms with van der Waals surface area (Å²) in [5.74, 6) is 1.78. The third kappa shape index (κ3) is 5.98. The largest absolute Gasteiger partial charge is 0.324 e. The van der Waals surface area contributed by atoms with Crippen LogP contribution in [0, 0.1) is 6.92 Å². The molecule has 3 rings (SSSR count). The van der Waals surface area contributed by atoms with Crippen molar-refractivity contribution in [3.05, 3.63) is 88.8 Å². The number of rotatable bonds is 8. The minimum Gasteiger partial charge on any atom is -0.324 e. The van der Waals surface area contributed by atoms with Crippen LogP contribution in [0.4, 0.5) is 0 Å². The van der Waals surface area contributed by atoms with E-state index in [1.165, 1.54) is 16.7 Å². The fourth-order valence-corrected chi connectivity index (χ4v) is 3.10. The highest BCUT2D eigenvalue weighted by Gasteiger charge is 2.22. The summed E-state index contributed by atoms with van der Waals surface area (Å²) in [6.07, 6.45) is 13.2. The monoisotopic (exact) mass is 386 g/mol. The van der Waals surface area contributed by atoms with E-state index in [1.807, 2.05) is 18.5 Å². The Hall–Kier alpha value is -3.01. The number of amidine groups is 2. The Bertz CT molecular complexity index is 934. The van der Waals surface area contributed by atoms with E-state index in [1.54, 1.807) is 0 Å². The average Bonchev–Trinajstić information content (AvgIpc) is 3.09. The van der Waals surface area contributed by atoms with E-state index < -0.39 is 0 Å². The van der Waals surface area contributed by atoms with Crippen LogP contribution >= 0.6 is 0 Å². The predicted molar refractivity (Wildman–Crippen MR) is 123 cm³/mol. The summed E-state index contributed by atoms with van der Waals surface area (Å²) in [6.45, 7) is 7.81. The van der Waals surface area contributed by atoms with Crippen molar-refractivity contribution in [1.29, 1.82) is 0 Å². The molecule has 0 unspecified atom stereocenters. The van der Waals surface area contributed by atoms with Crippen molar-refractivity contribution in [3.63, 3.8) is 0 Å². The van der Waals surface area contributed by atoms with E-state index in [9.17, 15) is 0 Å². The highest BCUT2D eigenvalue weighted by molar-refractivity contribution is 6.25. The third-order valence-electron chi connectivity index (χ3n) is 4.99. The maximum Gasteiger partial charge on any atom is 0.136 e. The van der Waals surface area contributed by atoms with Gasteiger partial charge in [0.05, 0.1) is 0 Å². The lowest BCUT2D eigenvalue weighted by molar-refractivity contribution is 0.852. The quantitative estimate of drug-likeness (QED) is 0.511. The molecule has 29 heavy (non-hydrogen) atoms. The predicted octanol–water partition coefficient (Wildman–Crippen LogP) is 5.03. The van der Waals surface area contributed by atoms with Crippen LogP contribution in [0.5, 0.6) is 0 Å².